The highest BCUT2D eigenvalue weighted by atomic mass is 35.5. The van der Waals surface area contributed by atoms with Gasteiger partial charge in [-0.05, 0) is 42.0 Å². The number of halogens is 2. The predicted molar refractivity (Wildman–Crippen MR) is 94.0 cm³/mol. The summed E-state index contributed by atoms with van der Waals surface area (Å²) in [7, 11) is 0. The van der Waals surface area contributed by atoms with E-state index in [4.69, 9.17) is 23.2 Å². The highest BCUT2D eigenvalue weighted by molar-refractivity contribution is 6.42. The van der Waals surface area contributed by atoms with Gasteiger partial charge in [0.05, 0.1) is 16.1 Å². The number of rotatable bonds is 1. The second-order valence-corrected chi connectivity index (χ2v) is 6.94. The molecule has 1 heterocycles. The van der Waals surface area contributed by atoms with Crippen molar-refractivity contribution < 1.29 is 0 Å². The van der Waals surface area contributed by atoms with Gasteiger partial charge in [0.25, 0.3) is 0 Å². The summed E-state index contributed by atoms with van der Waals surface area (Å²) >= 11 is 12.7. The predicted octanol–water partition coefficient (Wildman–Crippen LogP) is 6.13. The fraction of sp³-hybridized carbons (Fsp3) is 0.263. The first-order valence-electron chi connectivity index (χ1n) is 7.63. The molecule has 0 spiro atoms. The summed E-state index contributed by atoms with van der Waals surface area (Å²) in [6, 6.07) is 12.6. The van der Waals surface area contributed by atoms with Crippen LogP contribution in [-0.2, 0) is 0 Å². The largest absolute Gasteiger partial charge is 0.377 e. The van der Waals surface area contributed by atoms with Crippen LogP contribution in [0, 0.1) is 12.8 Å². The number of para-hydroxylation sites is 1. The van der Waals surface area contributed by atoms with Crippen molar-refractivity contribution in [3.8, 4) is 0 Å². The first kappa shape index (κ1) is 14.2. The van der Waals surface area contributed by atoms with E-state index in [2.05, 4.69) is 48.7 Å². The van der Waals surface area contributed by atoms with Crippen molar-refractivity contribution in [1.29, 1.82) is 0 Å². The Morgan fingerprint density at radius 3 is 2.68 bits per heavy atom. The molecule has 1 aliphatic heterocycles. The summed E-state index contributed by atoms with van der Waals surface area (Å²) in [6.45, 7) is 2.15. The molecule has 1 aliphatic carbocycles. The van der Waals surface area contributed by atoms with Crippen LogP contribution < -0.4 is 5.32 Å². The van der Waals surface area contributed by atoms with E-state index >= 15 is 0 Å². The quantitative estimate of drug-likeness (QED) is 0.620. The number of hydrogen-bond donors (Lipinski definition) is 1. The Morgan fingerprint density at radius 2 is 1.82 bits per heavy atom. The zero-order valence-electron chi connectivity index (χ0n) is 12.3. The van der Waals surface area contributed by atoms with Gasteiger partial charge in [0.15, 0.2) is 0 Å². The highest BCUT2D eigenvalue weighted by Gasteiger charge is 2.39. The molecule has 0 radical (unpaired) electrons. The number of benzene rings is 2. The standard InChI is InChI=1S/C19H17Cl2N/c1-11-5-2-7-13-12-6-3-8-14(12)19(22-18(11)13)15-9-4-10-16(20)17(15)21/h2-7,9-10,12,14,19,22H,8H2,1H3/t12-,14-,19-/m0/s1. The van der Waals surface area contributed by atoms with Crippen LogP contribution in [0.15, 0.2) is 48.6 Å². The van der Waals surface area contributed by atoms with Gasteiger partial charge in [-0.3, -0.25) is 0 Å². The van der Waals surface area contributed by atoms with Crippen molar-refractivity contribution >= 4 is 28.9 Å². The third kappa shape index (κ3) is 2.07. The van der Waals surface area contributed by atoms with Gasteiger partial charge < -0.3 is 5.32 Å². The van der Waals surface area contributed by atoms with Gasteiger partial charge in [0.2, 0.25) is 0 Å². The van der Waals surface area contributed by atoms with Crippen LogP contribution >= 0.6 is 23.2 Å². The van der Waals surface area contributed by atoms with Crippen LogP contribution in [0.3, 0.4) is 0 Å². The van der Waals surface area contributed by atoms with Gasteiger partial charge in [-0.25, -0.2) is 0 Å². The monoisotopic (exact) mass is 329 g/mol. The minimum Gasteiger partial charge on any atom is -0.377 e. The Balaban J connectivity index is 1.86. The lowest BCUT2D eigenvalue weighted by atomic mass is 9.76. The van der Waals surface area contributed by atoms with E-state index in [0.717, 1.165) is 12.0 Å². The van der Waals surface area contributed by atoms with Gasteiger partial charge in [0, 0.05) is 11.6 Å². The van der Waals surface area contributed by atoms with Crippen LogP contribution in [0.1, 0.15) is 35.1 Å². The number of fused-ring (bicyclic) bond motifs is 3. The molecule has 2 aromatic rings. The third-order valence-electron chi connectivity index (χ3n) is 4.92. The van der Waals surface area contributed by atoms with Crippen molar-refractivity contribution in [2.24, 2.45) is 5.92 Å². The molecule has 4 rings (SSSR count). The average molecular weight is 330 g/mol. The van der Waals surface area contributed by atoms with E-state index in [1.807, 2.05) is 12.1 Å². The normalized spacial score (nSPS) is 25.5. The Bertz CT molecular complexity index is 766. The molecule has 0 unspecified atom stereocenters. The summed E-state index contributed by atoms with van der Waals surface area (Å²) in [6.07, 6.45) is 5.70. The molecule has 0 fully saturated rings. The van der Waals surface area contributed by atoms with E-state index < -0.39 is 0 Å². The number of anilines is 1. The number of allylic oxidation sites excluding steroid dienone is 2. The van der Waals surface area contributed by atoms with Crippen molar-refractivity contribution in [1.82, 2.24) is 0 Å². The maximum atomic E-state index is 6.49. The summed E-state index contributed by atoms with van der Waals surface area (Å²) in [5.41, 5.74) is 5.02. The van der Waals surface area contributed by atoms with E-state index in [9.17, 15) is 0 Å². The van der Waals surface area contributed by atoms with Crippen molar-refractivity contribution in [2.45, 2.75) is 25.3 Å². The lowest BCUT2D eigenvalue weighted by molar-refractivity contribution is 0.425. The van der Waals surface area contributed by atoms with E-state index in [0.29, 0.717) is 21.9 Å². The second kappa shape index (κ2) is 5.33. The van der Waals surface area contributed by atoms with Gasteiger partial charge in [0.1, 0.15) is 0 Å². The highest BCUT2D eigenvalue weighted by Crippen LogP contribution is 2.51. The van der Waals surface area contributed by atoms with Crippen molar-refractivity contribution in [3.63, 3.8) is 0 Å². The van der Waals surface area contributed by atoms with E-state index in [-0.39, 0.29) is 6.04 Å². The van der Waals surface area contributed by atoms with E-state index in [1.165, 1.54) is 16.8 Å². The molecule has 1 N–H and O–H groups in total. The molecular weight excluding hydrogens is 313 g/mol. The fourth-order valence-corrected chi connectivity index (χ4v) is 4.27. The second-order valence-electron chi connectivity index (χ2n) is 6.16. The van der Waals surface area contributed by atoms with Crippen LogP contribution in [0.5, 0.6) is 0 Å². The van der Waals surface area contributed by atoms with Crippen LogP contribution in [0.25, 0.3) is 0 Å². The molecule has 0 amide bonds. The smallest absolute Gasteiger partial charge is 0.0645 e. The number of nitrogens with one attached hydrogen (secondary N) is 1. The van der Waals surface area contributed by atoms with Gasteiger partial charge in [-0.2, -0.15) is 0 Å². The lowest BCUT2D eigenvalue weighted by Crippen LogP contribution is -2.29. The Hall–Kier alpha value is -1.44. The minimum atomic E-state index is 0.194. The average Bonchev–Trinajstić information content (AvgIpc) is 3.00. The fourth-order valence-electron chi connectivity index (χ4n) is 3.85. The minimum absolute atomic E-state index is 0.194. The molecule has 22 heavy (non-hydrogen) atoms. The molecule has 3 heteroatoms. The molecule has 0 saturated heterocycles. The van der Waals surface area contributed by atoms with Crippen LogP contribution in [-0.4, -0.2) is 0 Å². The topological polar surface area (TPSA) is 12.0 Å². The molecular formula is C19H17Cl2N. The maximum Gasteiger partial charge on any atom is 0.0645 e. The Kier molecular flexibility index (Phi) is 3.43. The summed E-state index contributed by atoms with van der Waals surface area (Å²) in [5.74, 6) is 0.946. The molecule has 2 aliphatic rings. The molecule has 1 nitrogen and oxygen atoms in total. The van der Waals surface area contributed by atoms with Crippen molar-refractivity contribution in [3.05, 3.63) is 75.3 Å². The summed E-state index contributed by atoms with van der Waals surface area (Å²) in [5, 5.41) is 5.03. The maximum absolute atomic E-state index is 6.49. The SMILES string of the molecule is Cc1cccc2c1N[C@H](c1cccc(Cl)c1Cl)[C@H]1CC=C[C@@H]21. The Morgan fingerprint density at radius 1 is 1.05 bits per heavy atom. The van der Waals surface area contributed by atoms with Crippen molar-refractivity contribution in [2.75, 3.05) is 5.32 Å². The van der Waals surface area contributed by atoms with Gasteiger partial charge in [-0.15, -0.1) is 0 Å². The number of aryl methyl sites for hydroxylation is 1. The van der Waals surface area contributed by atoms with E-state index in [1.54, 1.807) is 0 Å². The number of hydrogen-bond acceptors (Lipinski definition) is 1. The molecule has 3 atom stereocenters. The molecule has 2 aromatic carbocycles. The first-order valence-corrected chi connectivity index (χ1v) is 8.39. The Labute approximate surface area is 140 Å². The molecule has 0 saturated carbocycles. The zero-order valence-corrected chi connectivity index (χ0v) is 13.8. The van der Waals surface area contributed by atoms with Crippen LogP contribution in [0.2, 0.25) is 10.0 Å². The third-order valence-corrected chi connectivity index (χ3v) is 5.76. The van der Waals surface area contributed by atoms with Crippen LogP contribution in [0.4, 0.5) is 5.69 Å². The first-order chi connectivity index (χ1) is 10.7. The molecule has 112 valence electrons. The summed E-state index contributed by atoms with van der Waals surface area (Å²) in [4.78, 5) is 0. The molecule has 0 bridgehead atoms. The lowest BCUT2D eigenvalue weighted by Gasteiger charge is -2.38. The summed E-state index contributed by atoms with van der Waals surface area (Å²) < 4.78 is 0. The zero-order chi connectivity index (χ0) is 15.3. The van der Waals surface area contributed by atoms with Gasteiger partial charge in [-0.1, -0.05) is 65.7 Å². The van der Waals surface area contributed by atoms with Gasteiger partial charge >= 0.3 is 0 Å². The molecule has 0 aromatic heterocycles.